The van der Waals surface area contributed by atoms with Crippen LogP contribution in [0.25, 0.3) is 11.1 Å². The number of aryl methyl sites for hydroxylation is 1. The van der Waals surface area contributed by atoms with E-state index in [-0.39, 0.29) is 32.6 Å². The van der Waals surface area contributed by atoms with Gasteiger partial charge in [0.2, 0.25) is 0 Å². The molecule has 0 fully saturated rings. The monoisotopic (exact) mass is 410 g/mol. The highest BCUT2D eigenvalue weighted by molar-refractivity contribution is 7.59. The number of rotatable bonds is 6. The molecule has 0 aliphatic heterocycles. The van der Waals surface area contributed by atoms with Crippen LogP contribution in [0.5, 0.6) is 5.75 Å². The Morgan fingerprint density at radius 3 is 2.81 bits per heavy atom. The maximum Gasteiger partial charge on any atom is 0.419 e. The number of carbonyl (C=O) groups is 1. The molecule has 7 nitrogen and oxygen atoms in total. The quantitative estimate of drug-likeness (QED) is 0.578. The highest BCUT2D eigenvalue weighted by Crippen LogP contribution is 2.32. The normalized spacial score (nSPS) is 11.7. The van der Waals surface area contributed by atoms with Crippen molar-refractivity contribution in [1.29, 1.82) is 0 Å². The lowest BCUT2D eigenvalue weighted by Gasteiger charge is -2.15. The molecule has 27 heavy (non-hydrogen) atoms. The smallest absolute Gasteiger partial charge is 0.419 e. The first-order valence-corrected chi connectivity index (χ1v) is 8.34. The van der Waals surface area contributed by atoms with Crippen LogP contribution in [0.15, 0.2) is 45.7 Å². The van der Waals surface area contributed by atoms with E-state index in [9.17, 15) is 9.59 Å². The maximum absolute atomic E-state index is 12.1. The summed E-state index contributed by atoms with van der Waals surface area (Å²) >= 11 is 6.31. The van der Waals surface area contributed by atoms with Gasteiger partial charge in [0.15, 0.2) is 5.58 Å². The number of benzene rings is 1. The Morgan fingerprint density at radius 2 is 2.15 bits per heavy atom. The summed E-state index contributed by atoms with van der Waals surface area (Å²) in [7, 11) is 1.29. The summed E-state index contributed by atoms with van der Waals surface area (Å²) in [6.45, 7) is 1.99. The zero-order valence-electron chi connectivity index (χ0n) is 14.8. The summed E-state index contributed by atoms with van der Waals surface area (Å²) in [6.07, 6.45) is 1.40. The van der Waals surface area contributed by atoms with Crippen LogP contribution in [0.2, 0.25) is 5.02 Å². The third kappa shape index (κ3) is 4.64. The van der Waals surface area contributed by atoms with Gasteiger partial charge in [-0.2, -0.15) is 13.5 Å². The average Bonchev–Trinajstić information content (AvgIpc) is 2.94. The van der Waals surface area contributed by atoms with Gasteiger partial charge in [0.05, 0.1) is 29.8 Å². The lowest BCUT2D eigenvalue weighted by atomic mass is 10.2. The van der Waals surface area contributed by atoms with Gasteiger partial charge in [-0.15, -0.1) is 0 Å². The molecule has 2 aromatic heterocycles. The standard InChI is InChI=1S/C18H17ClN2O5.H2S/c1-11(13-5-3-4-7-20-13)25-15-10-16-14(9-12(15)19)21(18(23)26-16)8-6-17(22)24-2;/h3-5,7,9-11H,6,8H2,1-2H3;1H2/t11-;/m0./s1. The number of hydrogen-bond acceptors (Lipinski definition) is 6. The zero-order chi connectivity index (χ0) is 18.7. The highest BCUT2D eigenvalue weighted by Gasteiger charge is 2.17. The summed E-state index contributed by atoms with van der Waals surface area (Å²) < 4.78 is 17.0. The summed E-state index contributed by atoms with van der Waals surface area (Å²) in [5.74, 6) is -0.609. The third-order valence-electron chi connectivity index (χ3n) is 3.90. The van der Waals surface area contributed by atoms with E-state index in [1.807, 2.05) is 25.1 Å². The van der Waals surface area contributed by atoms with Crippen LogP contribution in [-0.4, -0.2) is 22.6 Å². The number of carbonyl (C=O) groups excluding carboxylic acids is 1. The number of methoxy groups -OCH3 is 1. The highest BCUT2D eigenvalue weighted by atomic mass is 35.5. The lowest BCUT2D eigenvalue weighted by Crippen LogP contribution is -2.16. The molecule has 3 rings (SSSR count). The minimum atomic E-state index is -0.574. The van der Waals surface area contributed by atoms with E-state index in [1.54, 1.807) is 18.3 Å². The molecule has 1 aromatic carbocycles. The van der Waals surface area contributed by atoms with Crippen molar-refractivity contribution >= 4 is 42.2 Å². The Balaban J connectivity index is 0.00000261. The van der Waals surface area contributed by atoms with Crippen molar-refractivity contribution in [2.75, 3.05) is 7.11 Å². The molecule has 144 valence electrons. The van der Waals surface area contributed by atoms with E-state index in [1.165, 1.54) is 11.7 Å². The first kappa shape index (κ1) is 20.9. The number of hydrogen-bond donors (Lipinski definition) is 0. The molecule has 0 radical (unpaired) electrons. The first-order valence-electron chi connectivity index (χ1n) is 7.97. The van der Waals surface area contributed by atoms with Crippen LogP contribution < -0.4 is 10.5 Å². The Bertz CT molecular complexity index is 987. The average molecular weight is 411 g/mol. The third-order valence-corrected chi connectivity index (χ3v) is 4.19. The van der Waals surface area contributed by atoms with E-state index >= 15 is 0 Å². The molecule has 0 aliphatic carbocycles. The molecule has 0 unspecified atom stereocenters. The molecule has 3 aromatic rings. The number of esters is 1. The van der Waals surface area contributed by atoms with Crippen molar-refractivity contribution in [2.45, 2.75) is 26.0 Å². The Morgan fingerprint density at radius 1 is 1.37 bits per heavy atom. The fraction of sp³-hybridized carbons (Fsp3) is 0.278. The molecule has 0 saturated carbocycles. The topological polar surface area (TPSA) is 83.6 Å². The lowest BCUT2D eigenvalue weighted by molar-refractivity contribution is -0.140. The molecule has 9 heteroatoms. The van der Waals surface area contributed by atoms with Crippen LogP contribution >= 0.6 is 25.1 Å². The van der Waals surface area contributed by atoms with Crippen LogP contribution in [0, 0.1) is 0 Å². The number of fused-ring (bicyclic) bond motifs is 1. The van der Waals surface area contributed by atoms with Gasteiger partial charge in [-0.3, -0.25) is 14.3 Å². The maximum atomic E-state index is 12.1. The molecule has 0 aliphatic rings. The molecular weight excluding hydrogens is 392 g/mol. The fourth-order valence-corrected chi connectivity index (χ4v) is 2.74. The molecule has 1 atom stereocenters. The molecule has 0 amide bonds. The van der Waals surface area contributed by atoms with Gasteiger partial charge in [-0.05, 0) is 25.1 Å². The van der Waals surface area contributed by atoms with E-state index in [4.69, 9.17) is 20.8 Å². The SMILES string of the molecule is COC(=O)CCn1c(=O)oc2cc(O[C@@H](C)c3ccccn3)c(Cl)cc21.S. The van der Waals surface area contributed by atoms with Crippen molar-refractivity contribution in [3.63, 3.8) is 0 Å². The Hall–Kier alpha value is -2.45. The number of aromatic nitrogens is 2. The molecule has 0 bridgehead atoms. The largest absolute Gasteiger partial charge is 0.483 e. The second kappa shape index (κ2) is 8.96. The number of nitrogens with zero attached hydrogens (tertiary/aromatic N) is 2. The molecule has 2 heterocycles. The van der Waals surface area contributed by atoms with Crippen molar-refractivity contribution < 1.29 is 18.7 Å². The summed E-state index contributed by atoms with van der Waals surface area (Å²) in [6, 6.07) is 8.68. The van der Waals surface area contributed by atoms with Gasteiger partial charge in [-0.1, -0.05) is 17.7 Å². The Kier molecular flexibility index (Phi) is 6.92. The molecular formula is C18H19ClN2O5S. The molecule has 0 saturated heterocycles. The minimum Gasteiger partial charge on any atom is -0.483 e. The van der Waals surface area contributed by atoms with Crippen LogP contribution in [-0.2, 0) is 16.1 Å². The predicted octanol–water partition coefficient (Wildman–Crippen LogP) is 3.46. The van der Waals surface area contributed by atoms with Gasteiger partial charge in [-0.25, -0.2) is 4.79 Å². The van der Waals surface area contributed by atoms with Crippen LogP contribution in [0.1, 0.15) is 25.1 Å². The van der Waals surface area contributed by atoms with Gasteiger partial charge >= 0.3 is 11.7 Å². The van der Waals surface area contributed by atoms with E-state index in [0.717, 1.165) is 5.69 Å². The van der Waals surface area contributed by atoms with Crippen molar-refractivity contribution in [3.05, 3.63) is 57.8 Å². The number of oxazole rings is 1. The van der Waals surface area contributed by atoms with E-state index in [2.05, 4.69) is 9.72 Å². The van der Waals surface area contributed by atoms with Crippen molar-refractivity contribution in [2.24, 2.45) is 0 Å². The first-order chi connectivity index (χ1) is 12.5. The van der Waals surface area contributed by atoms with Crippen LogP contribution in [0.3, 0.4) is 0 Å². The van der Waals surface area contributed by atoms with Gasteiger partial charge in [0.25, 0.3) is 0 Å². The second-order valence-corrected chi connectivity index (χ2v) is 6.02. The summed E-state index contributed by atoms with van der Waals surface area (Å²) in [5, 5.41) is 0.327. The second-order valence-electron chi connectivity index (χ2n) is 5.61. The van der Waals surface area contributed by atoms with Crippen LogP contribution in [0.4, 0.5) is 0 Å². The fourth-order valence-electron chi connectivity index (χ4n) is 2.54. The minimum absolute atomic E-state index is 0. The predicted molar refractivity (Wildman–Crippen MR) is 106 cm³/mol. The van der Waals surface area contributed by atoms with Gasteiger partial charge in [0.1, 0.15) is 11.9 Å². The van der Waals surface area contributed by atoms with Crippen molar-refractivity contribution in [1.82, 2.24) is 9.55 Å². The molecule has 0 N–H and O–H groups in total. The zero-order valence-corrected chi connectivity index (χ0v) is 16.5. The summed E-state index contributed by atoms with van der Waals surface area (Å²) in [4.78, 5) is 27.6. The van der Waals surface area contributed by atoms with Gasteiger partial charge < -0.3 is 13.9 Å². The Labute approximate surface area is 167 Å². The molecule has 0 spiro atoms. The van der Waals surface area contributed by atoms with E-state index < -0.39 is 11.7 Å². The number of pyridine rings is 1. The van der Waals surface area contributed by atoms with Crippen molar-refractivity contribution in [3.8, 4) is 5.75 Å². The summed E-state index contributed by atoms with van der Waals surface area (Å²) in [5.41, 5.74) is 1.56. The number of ether oxygens (including phenoxy) is 2. The number of halogens is 1. The van der Waals surface area contributed by atoms with Gasteiger partial charge in [0, 0.05) is 18.8 Å². The van der Waals surface area contributed by atoms with E-state index in [0.29, 0.717) is 21.9 Å².